The van der Waals surface area contributed by atoms with Crippen molar-refractivity contribution < 1.29 is 9.90 Å². The van der Waals surface area contributed by atoms with Crippen molar-refractivity contribution in [1.29, 1.82) is 0 Å². The molecule has 1 rings (SSSR count). The largest absolute Gasteiger partial charge is 0.476 e. The first-order chi connectivity index (χ1) is 6.07. The standard InChI is InChI=1S/C8H11IN2O2/c1-3-4-5-6(9)7(8(12)13)10-11(5)2/h3-4H2,1-2H3,(H,12,13). The zero-order chi connectivity index (χ0) is 10.0. The minimum atomic E-state index is -0.956. The van der Waals surface area contributed by atoms with E-state index < -0.39 is 5.97 Å². The second kappa shape index (κ2) is 4.08. The van der Waals surface area contributed by atoms with Gasteiger partial charge < -0.3 is 5.11 Å². The summed E-state index contributed by atoms with van der Waals surface area (Å²) in [5.41, 5.74) is 1.16. The maximum absolute atomic E-state index is 10.7. The summed E-state index contributed by atoms with van der Waals surface area (Å²) in [7, 11) is 1.78. The van der Waals surface area contributed by atoms with Crippen LogP contribution in [-0.4, -0.2) is 20.9 Å². The molecule has 0 amide bonds. The van der Waals surface area contributed by atoms with Crippen LogP contribution in [0.15, 0.2) is 0 Å². The Labute approximate surface area is 90.1 Å². The van der Waals surface area contributed by atoms with Crippen molar-refractivity contribution in [1.82, 2.24) is 9.78 Å². The predicted molar refractivity (Wildman–Crippen MR) is 56.9 cm³/mol. The summed E-state index contributed by atoms with van der Waals surface area (Å²) in [6.45, 7) is 2.06. The summed E-state index contributed by atoms with van der Waals surface area (Å²) in [4.78, 5) is 10.7. The van der Waals surface area contributed by atoms with Crippen LogP contribution in [0.1, 0.15) is 29.5 Å². The van der Waals surface area contributed by atoms with Gasteiger partial charge in [-0.05, 0) is 29.0 Å². The minimum absolute atomic E-state index is 0.159. The molecule has 0 radical (unpaired) electrons. The lowest BCUT2D eigenvalue weighted by molar-refractivity contribution is 0.0688. The Hall–Kier alpha value is -0.590. The Bertz CT molecular complexity index is 333. The number of aromatic carboxylic acids is 1. The van der Waals surface area contributed by atoms with Gasteiger partial charge in [0.1, 0.15) is 0 Å². The molecular formula is C8H11IN2O2. The smallest absolute Gasteiger partial charge is 0.357 e. The molecule has 4 nitrogen and oxygen atoms in total. The lowest BCUT2D eigenvalue weighted by Crippen LogP contribution is -2.00. The lowest BCUT2D eigenvalue weighted by atomic mass is 10.2. The summed E-state index contributed by atoms with van der Waals surface area (Å²) >= 11 is 2.04. The average molecular weight is 294 g/mol. The number of nitrogens with zero attached hydrogens (tertiary/aromatic N) is 2. The van der Waals surface area contributed by atoms with Crippen LogP contribution in [0.4, 0.5) is 0 Å². The van der Waals surface area contributed by atoms with E-state index in [1.54, 1.807) is 11.7 Å². The van der Waals surface area contributed by atoms with Crippen LogP contribution in [0.3, 0.4) is 0 Å². The zero-order valence-electron chi connectivity index (χ0n) is 7.54. The fourth-order valence-corrected chi connectivity index (χ4v) is 2.14. The van der Waals surface area contributed by atoms with Crippen LogP contribution in [0, 0.1) is 3.57 Å². The third kappa shape index (κ3) is 2.01. The molecule has 1 aromatic heterocycles. The summed E-state index contributed by atoms with van der Waals surface area (Å²) < 4.78 is 2.41. The molecule has 0 atom stereocenters. The fraction of sp³-hybridized carbons (Fsp3) is 0.500. The number of hydrogen-bond donors (Lipinski definition) is 1. The molecule has 0 saturated heterocycles. The van der Waals surface area contributed by atoms with Gasteiger partial charge in [0.05, 0.1) is 9.26 Å². The van der Waals surface area contributed by atoms with E-state index >= 15 is 0 Å². The van der Waals surface area contributed by atoms with Crippen molar-refractivity contribution in [2.45, 2.75) is 19.8 Å². The average Bonchev–Trinajstić information content (AvgIpc) is 2.32. The Morgan fingerprint density at radius 1 is 1.69 bits per heavy atom. The van der Waals surface area contributed by atoms with E-state index in [2.05, 4.69) is 12.0 Å². The highest BCUT2D eigenvalue weighted by Crippen LogP contribution is 2.17. The number of aromatic nitrogens is 2. The molecule has 0 bridgehead atoms. The van der Waals surface area contributed by atoms with Crippen LogP contribution in [-0.2, 0) is 13.5 Å². The Kier molecular flexibility index (Phi) is 3.29. The molecular weight excluding hydrogens is 283 g/mol. The van der Waals surface area contributed by atoms with Crippen molar-refractivity contribution in [3.8, 4) is 0 Å². The van der Waals surface area contributed by atoms with Gasteiger partial charge in [0, 0.05) is 7.05 Å². The van der Waals surface area contributed by atoms with Crippen LogP contribution in [0.25, 0.3) is 0 Å². The van der Waals surface area contributed by atoms with Gasteiger partial charge in [-0.25, -0.2) is 4.79 Å². The molecule has 1 heterocycles. The SMILES string of the molecule is CCCc1c(I)c(C(=O)O)nn1C. The molecule has 1 aromatic rings. The van der Waals surface area contributed by atoms with E-state index in [0.717, 1.165) is 22.1 Å². The van der Waals surface area contributed by atoms with Crippen molar-refractivity contribution in [3.63, 3.8) is 0 Å². The number of hydrogen-bond acceptors (Lipinski definition) is 2. The lowest BCUT2D eigenvalue weighted by Gasteiger charge is -1.98. The molecule has 0 aliphatic rings. The minimum Gasteiger partial charge on any atom is -0.476 e. The molecule has 0 unspecified atom stereocenters. The third-order valence-electron chi connectivity index (χ3n) is 1.79. The Morgan fingerprint density at radius 3 is 2.69 bits per heavy atom. The van der Waals surface area contributed by atoms with Gasteiger partial charge >= 0.3 is 5.97 Å². The van der Waals surface area contributed by atoms with E-state index in [1.165, 1.54) is 0 Å². The van der Waals surface area contributed by atoms with E-state index in [4.69, 9.17) is 5.11 Å². The second-order valence-corrected chi connectivity index (χ2v) is 3.87. The predicted octanol–water partition coefficient (Wildman–Crippen LogP) is 1.68. The molecule has 1 N–H and O–H groups in total. The van der Waals surface area contributed by atoms with Crippen molar-refractivity contribution in [3.05, 3.63) is 15.0 Å². The molecule has 0 saturated carbocycles. The van der Waals surface area contributed by atoms with E-state index in [9.17, 15) is 4.79 Å². The third-order valence-corrected chi connectivity index (χ3v) is 2.92. The highest BCUT2D eigenvalue weighted by Gasteiger charge is 2.17. The summed E-state index contributed by atoms with van der Waals surface area (Å²) in [6, 6.07) is 0. The first kappa shape index (κ1) is 10.5. The zero-order valence-corrected chi connectivity index (χ0v) is 9.70. The summed E-state index contributed by atoms with van der Waals surface area (Å²) in [5.74, 6) is -0.956. The Balaban J connectivity index is 3.14. The van der Waals surface area contributed by atoms with Gasteiger partial charge in [-0.2, -0.15) is 5.10 Å². The molecule has 0 aliphatic carbocycles. The fourth-order valence-electron chi connectivity index (χ4n) is 1.18. The highest BCUT2D eigenvalue weighted by atomic mass is 127. The first-order valence-electron chi connectivity index (χ1n) is 4.02. The number of carboxylic acid groups (broad SMARTS) is 1. The van der Waals surface area contributed by atoms with E-state index in [1.807, 2.05) is 22.6 Å². The normalized spacial score (nSPS) is 10.4. The monoisotopic (exact) mass is 294 g/mol. The van der Waals surface area contributed by atoms with Crippen molar-refractivity contribution in [2.24, 2.45) is 7.05 Å². The second-order valence-electron chi connectivity index (χ2n) is 2.79. The van der Waals surface area contributed by atoms with Gasteiger partial charge in [-0.15, -0.1) is 0 Å². The number of carboxylic acids is 1. The maximum Gasteiger partial charge on any atom is 0.357 e. The van der Waals surface area contributed by atoms with Gasteiger partial charge in [-0.3, -0.25) is 4.68 Å². The van der Waals surface area contributed by atoms with Gasteiger partial charge in [0.25, 0.3) is 0 Å². The van der Waals surface area contributed by atoms with Crippen LogP contribution < -0.4 is 0 Å². The Morgan fingerprint density at radius 2 is 2.31 bits per heavy atom. The van der Waals surface area contributed by atoms with Crippen molar-refractivity contribution >= 4 is 28.6 Å². The molecule has 5 heteroatoms. The van der Waals surface area contributed by atoms with Crippen LogP contribution in [0.5, 0.6) is 0 Å². The summed E-state index contributed by atoms with van der Waals surface area (Å²) in [5, 5.41) is 12.7. The first-order valence-corrected chi connectivity index (χ1v) is 5.10. The maximum atomic E-state index is 10.7. The van der Waals surface area contributed by atoms with Crippen molar-refractivity contribution in [2.75, 3.05) is 0 Å². The van der Waals surface area contributed by atoms with Gasteiger partial charge in [0.2, 0.25) is 0 Å². The van der Waals surface area contributed by atoms with E-state index in [-0.39, 0.29) is 5.69 Å². The molecule has 0 spiro atoms. The van der Waals surface area contributed by atoms with Gasteiger partial charge in [0.15, 0.2) is 5.69 Å². The van der Waals surface area contributed by atoms with Crippen LogP contribution >= 0.6 is 22.6 Å². The molecule has 0 aromatic carbocycles. The number of halogens is 1. The van der Waals surface area contributed by atoms with E-state index in [0.29, 0.717) is 0 Å². The number of aryl methyl sites for hydroxylation is 1. The quantitative estimate of drug-likeness (QED) is 0.863. The molecule has 13 heavy (non-hydrogen) atoms. The molecule has 0 aliphatic heterocycles. The molecule has 0 fully saturated rings. The van der Waals surface area contributed by atoms with Gasteiger partial charge in [-0.1, -0.05) is 13.3 Å². The number of carbonyl (C=O) groups is 1. The summed E-state index contributed by atoms with van der Waals surface area (Å²) in [6.07, 6.45) is 1.86. The number of rotatable bonds is 3. The van der Waals surface area contributed by atoms with Crippen LogP contribution in [0.2, 0.25) is 0 Å². The topological polar surface area (TPSA) is 55.1 Å². The highest BCUT2D eigenvalue weighted by molar-refractivity contribution is 14.1. The molecule has 72 valence electrons.